The van der Waals surface area contributed by atoms with E-state index in [-0.39, 0.29) is 6.54 Å². The number of carbonyl (C=O) groups excluding carboxylic acids is 1. The van der Waals surface area contributed by atoms with Crippen LogP contribution in [0.3, 0.4) is 0 Å². The van der Waals surface area contributed by atoms with Crippen LogP contribution in [0, 0.1) is 6.92 Å². The minimum absolute atomic E-state index is 0.230. The van der Waals surface area contributed by atoms with Crippen LogP contribution in [-0.2, 0) is 18.4 Å². The maximum absolute atomic E-state index is 12.7. The number of benzene rings is 2. The molecule has 8 nitrogen and oxygen atoms in total. The topological polar surface area (TPSA) is 90.9 Å². The molecule has 4 rings (SSSR count). The summed E-state index contributed by atoms with van der Waals surface area (Å²) in [6.07, 6.45) is 1.32. The van der Waals surface area contributed by atoms with Gasteiger partial charge in [0.05, 0.1) is 11.4 Å². The zero-order valence-corrected chi connectivity index (χ0v) is 17.1. The van der Waals surface area contributed by atoms with Gasteiger partial charge in [-0.05, 0) is 18.6 Å². The number of hydrogen-bond acceptors (Lipinski definition) is 4. The standard InChI is InChI=1S/C23H21N5O3/c1-16-8-6-7-11-19(16)28-20(14-18(25-28)17-9-4-3-5-10-17)24-21(29)15-27-13-12-22(30)26(2)23(27)31/h3-14H,15H2,1-2H3,(H,24,29). The third-order valence-corrected chi connectivity index (χ3v) is 4.96. The molecule has 156 valence electrons. The second-order valence-electron chi connectivity index (χ2n) is 7.15. The first-order chi connectivity index (χ1) is 14.9. The number of amides is 1. The normalized spacial score (nSPS) is 10.8. The Kier molecular flexibility index (Phi) is 5.36. The van der Waals surface area contributed by atoms with Crippen molar-refractivity contribution in [2.24, 2.45) is 7.05 Å². The fourth-order valence-electron chi connectivity index (χ4n) is 3.28. The summed E-state index contributed by atoms with van der Waals surface area (Å²) in [4.78, 5) is 36.6. The van der Waals surface area contributed by atoms with Gasteiger partial charge in [0.1, 0.15) is 12.4 Å². The summed E-state index contributed by atoms with van der Waals surface area (Å²) in [6, 6.07) is 20.4. The highest BCUT2D eigenvalue weighted by Gasteiger charge is 2.16. The highest BCUT2D eigenvalue weighted by Crippen LogP contribution is 2.26. The predicted octanol–water partition coefficient (Wildman–Crippen LogP) is 2.35. The van der Waals surface area contributed by atoms with Crippen LogP contribution in [0.1, 0.15) is 5.56 Å². The zero-order chi connectivity index (χ0) is 22.0. The zero-order valence-electron chi connectivity index (χ0n) is 17.1. The Labute approximate surface area is 178 Å². The summed E-state index contributed by atoms with van der Waals surface area (Å²) in [5.74, 6) is 0.0751. The van der Waals surface area contributed by atoms with Crippen molar-refractivity contribution in [3.05, 3.63) is 99.3 Å². The van der Waals surface area contributed by atoms with E-state index in [0.717, 1.165) is 21.4 Å². The molecule has 0 saturated carbocycles. The van der Waals surface area contributed by atoms with Crippen molar-refractivity contribution >= 4 is 11.7 Å². The highest BCUT2D eigenvalue weighted by atomic mass is 16.2. The van der Waals surface area contributed by atoms with Crippen LogP contribution in [0.15, 0.2) is 82.5 Å². The Morgan fingerprint density at radius 3 is 2.45 bits per heavy atom. The van der Waals surface area contributed by atoms with Gasteiger partial charge in [0.25, 0.3) is 5.56 Å². The lowest BCUT2D eigenvalue weighted by Gasteiger charge is -2.12. The number of nitrogens with zero attached hydrogens (tertiary/aromatic N) is 4. The Morgan fingerprint density at radius 1 is 1.00 bits per heavy atom. The Balaban J connectivity index is 1.70. The summed E-state index contributed by atoms with van der Waals surface area (Å²) in [6.45, 7) is 1.74. The van der Waals surface area contributed by atoms with Crippen LogP contribution in [-0.4, -0.2) is 24.8 Å². The maximum atomic E-state index is 12.7. The molecule has 0 atom stereocenters. The second kappa shape index (κ2) is 8.27. The van der Waals surface area contributed by atoms with Gasteiger partial charge in [0.2, 0.25) is 5.91 Å². The van der Waals surface area contributed by atoms with Crippen LogP contribution in [0.4, 0.5) is 5.82 Å². The first kappa shape index (κ1) is 20.1. The molecule has 31 heavy (non-hydrogen) atoms. The smallest absolute Gasteiger partial charge is 0.309 e. The van der Waals surface area contributed by atoms with Crippen LogP contribution in [0.25, 0.3) is 16.9 Å². The number of nitrogens with one attached hydrogen (secondary N) is 1. The molecule has 0 aliphatic rings. The molecule has 2 heterocycles. The first-order valence-corrected chi connectivity index (χ1v) is 9.72. The molecule has 1 N–H and O–H groups in total. The van der Waals surface area contributed by atoms with Crippen LogP contribution in [0.2, 0.25) is 0 Å². The highest BCUT2D eigenvalue weighted by molar-refractivity contribution is 5.90. The van der Waals surface area contributed by atoms with Crippen molar-refractivity contribution < 1.29 is 4.79 Å². The van der Waals surface area contributed by atoms with E-state index < -0.39 is 17.2 Å². The van der Waals surface area contributed by atoms with Gasteiger partial charge in [-0.15, -0.1) is 0 Å². The van der Waals surface area contributed by atoms with Gasteiger partial charge in [-0.1, -0.05) is 48.5 Å². The number of aryl methyl sites for hydroxylation is 1. The number of aromatic nitrogens is 4. The minimum Gasteiger partial charge on any atom is -0.309 e. The Bertz CT molecular complexity index is 1370. The molecule has 0 bridgehead atoms. The van der Waals surface area contributed by atoms with Crippen LogP contribution < -0.4 is 16.6 Å². The molecule has 0 radical (unpaired) electrons. The molecule has 0 aliphatic heterocycles. The molecule has 4 aromatic rings. The summed E-state index contributed by atoms with van der Waals surface area (Å²) in [5.41, 5.74) is 2.47. The quantitative estimate of drug-likeness (QED) is 0.542. The molecule has 2 aromatic heterocycles. The predicted molar refractivity (Wildman–Crippen MR) is 118 cm³/mol. The van der Waals surface area contributed by atoms with E-state index in [9.17, 15) is 14.4 Å². The summed E-state index contributed by atoms with van der Waals surface area (Å²) in [7, 11) is 1.37. The first-order valence-electron chi connectivity index (χ1n) is 9.72. The van der Waals surface area contributed by atoms with E-state index in [1.54, 1.807) is 10.7 Å². The number of hydrogen-bond donors (Lipinski definition) is 1. The van der Waals surface area contributed by atoms with E-state index >= 15 is 0 Å². The molecule has 1 amide bonds. The second-order valence-corrected chi connectivity index (χ2v) is 7.15. The fourth-order valence-corrected chi connectivity index (χ4v) is 3.28. The van der Waals surface area contributed by atoms with Crippen LogP contribution >= 0.6 is 0 Å². The largest absolute Gasteiger partial charge is 0.331 e. The molecule has 0 fully saturated rings. The number of anilines is 1. The van der Waals surface area contributed by atoms with Crippen molar-refractivity contribution in [1.29, 1.82) is 0 Å². The fraction of sp³-hybridized carbons (Fsp3) is 0.130. The van der Waals surface area contributed by atoms with Crippen molar-refractivity contribution in [2.75, 3.05) is 5.32 Å². The Morgan fingerprint density at radius 2 is 1.71 bits per heavy atom. The van der Waals surface area contributed by atoms with Crippen molar-refractivity contribution in [2.45, 2.75) is 13.5 Å². The lowest BCUT2D eigenvalue weighted by Crippen LogP contribution is -2.39. The van der Waals surface area contributed by atoms with E-state index in [1.165, 1.54) is 23.9 Å². The SMILES string of the molecule is Cc1ccccc1-n1nc(-c2ccccc2)cc1NC(=O)Cn1ccc(=O)n(C)c1=O. The minimum atomic E-state index is -0.556. The number of para-hydroxylation sites is 1. The average molecular weight is 415 g/mol. The van der Waals surface area contributed by atoms with E-state index in [1.807, 2.05) is 61.5 Å². The van der Waals surface area contributed by atoms with Gasteiger partial charge in [0, 0.05) is 30.9 Å². The molecule has 0 unspecified atom stereocenters. The monoisotopic (exact) mass is 415 g/mol. The van der Waals surface area contributed by atoms with Crippen LogP contribution in [0.5, 0.6) is 0 Å². The van der Waals surface area contributed by atoms with Gasteiger partial charge in [-0.25, -0.2) is 9.48 Å². The lowest BCUT2D eigenvalue weighted by atomic mass is 10.1. The molecule has 0 spiro atoms. The van der Waals surface area contributed by atoms with Gasteiger partial charge in [-0.3, -0.25) is 18.7 Å². The van der Waals surface area contributed by atoms with Crippen molar-refractivity contribution in [1.82, 2.24) is 18.9 Å². The van der Waals surface area contributed by atoms with Gasteiger partial charge < -0.3 is 5.32 Å². The maximum Gasteiger partial charge on any atom is 0.331 e. The lowest BCUT2D eigenvalue weighted by molar-refractivity contribution is -0.116. The number of carbonyl (C=O) groups is 1. The summed E-state index contributed by atoms with van der Waals surface area (Å²) in [5, 5.41) is 7.55. The molecular weight excluding hydrogens is 394 g/mol. The Hall–Kier alpha value is -4.20. The van der Waals surface area contributed by atoms with E-state index in [2.05, 4.69) is 5.32 Å². The van der Waals surface area contributed by atoms with Crippen molar-refractivity contribution in [3.8, 4) is 16.9 Å². The number of rotatable bonds is 5. The van der Waals surface area contributed by atoms with E-state index in [0.29, 0.717) is 11.5 Å². The third-order valence-electron chi connectivity index (χ3n) is 4.96. The third kappa shape index (κ3) is 4.09. The summed E-state index contributed by atoms with van der Waals surface area (Å²) >= 11 is 0. The summed E-state index contributed by atoms with van der Waals surface area (Å²) < 4.78 is 3.82. The van der Waals surface area contributed by atoms with Gasteiger partial charge in [0.15, 0.2) is 0 Å². The van der Waals surface area contributed by atoms with E-state index in [4.69, 9.17) is 5.10 Å². The van der Waals surface area contributed by atoms with Gasteiger partial charge in [-0.2, -0.15) is 5.10 Å². The molecule has 8 heteroatoms. The molecular formula is C23H21N5O3. The average Bonchev–Trinajstić information content (AvgIpc) is 3.18. The van der Waals surface area contributed by atoms with Crippen molar-refractivity contribution in [3.63, 3.8) is 0 Å². The van der Waals surface area contributed by atoms with Gasteiger partial charge >= 0.3 is 5.69 Å². The molecule has 0 aliphatic carbocycles. The molecule has 2 aromatic carbocycles. The molecule has 0 saturated heterocycles.